The van der Waals surface area contributed by atoms with E-state index in [0.29, 0.717) is 17.5 Å². The quantitative estimate of drug-likeness (QED) is 0.326. The Balaban J connectivity index is 1.52. The Morgan fingerprint density at radius 2 is 1.63 bits per heavy atom. The first-order valence-corrected chi connectivity index (χ1v) is 13.2. The molecule has 0 radical (unpaired) electrons. The van der Waals surface area contributed by atoms with E-state index in [1.165, 1.54) is 25.1 Å². The van der Waals surface area contributed by atoms with Crippen LogP contribution in [0.4, 0.5) is 13.2 Å². The molecule has 38 heavy (non-hydrogen) atoms. The molecule has 202 valence electrons. The number of aliphatic hydroxyl groups excluding tert-OH is 1. The Morgan fingerprint density at radius 3 is 2.32 bits per heavy atom. The van der Waals surface area contributed by atoms with E-state index in [1.54, 1.807) is 12.1 Å². The van der Waals surface area contributed by atoms with Gasteiger partial charge < -0.3 is 15.7 Å². The lowest BCUT2D eigenvalue weighted by Gasteiger charge is -2.40. The molecule has 1 aliphatic carbocycles. The first-order chi connectivity index (χ1) is 18.2. The van der Waals surface area contributed by atoms with Gasteiger partial charge in [0.25, 0.3) is 0 Å². The summed E-state index contributed by atoms with van der Waals surface area (Å²) in [6.07, 6.45) is 4.50. The molecule has 4 rings (SSSR count). The normalized spacial score (nSPS) is 16.6. The molecule has 0 spiro atoms. The summed E-state index contributed by atoms with van der Waals surface area (Å²) >= 11 is 0. The Hall–Kier alpha value is -3.16. The number of carbonyl (C=O) groups excluding carboxylic acids is 1. The van der Waals surface area contributed by atoms with Crippen molar-refractivity contribution in [1.82, 2.24) is 10.6 Å². The number of nitrogens with one attached hydrogen (secondary N) is 2. The molecule has 1 fully saturated rings. The van der Waals surface area contributed by atoms with E-state index in [9.17, 15) is 23.1 Å². The van der Waals surface area contributed by atoms with E-state index in [2.05, 4.69) is 22.8 Å². The largest absolute Gasteiger partial charge is 0.390 e. The van der Waals surface area contributed by atoms with Gasteiger partial charge in [0.1, 0.15) is 17.5 Å². The van der Waals surface area contributed by atoms with E-state index in [1.807, 2.05) is 18.2 Å². The topological polar surface area (TPSA) is 61.4 Å². The fourth-order valence-corrected chi connectivity index (χ4v) is 5.53. The molecule has 3 aromatic carbocycles. The Labute approximate surface area is 222 Å². The van der Waals surface area contributed by atoms with Gasteiger partial charge in [-0.25, -0.2) is 13.2 Å². The fraction of sp³-hybridized carbons (Fsp3) is 0.387. The van der Waals surface area contributed by atoms with Crippen molar-refractivity contribution in [1.29, 1.82) is 0 Å². The summed E-state index contributed by atoms with van der Waals surface area (Å²) < 4.78 is 41.8. The van der Waals surface area contributed by atoms with Gasteiger partial charge in [0, 0.05) is 31.5 Å². The minimum Gasteiger partial charge on any atom is -0.390 e. The van der Waals surface area contributed by atoms with Crippen molar-refractivity contribution < 1.29 is 23.1 Å². The number of amides is 1. The van der Waals surface area contributed by atoms with Crippen LogP contribution >= 0.6 is 0 Å². The highest BCUT2D eigenvalue weighted by Gasteiger charge is 2.35. The molecular formula is C31H35F3N2O2. The zero-order chi connectivity index (χ0) is 27.1. The molecule has 2 atom stereocenters. The van der Waals surface area contributed by atoms with E-state index < -0.39 is 23.8 Å². The Kier molecular flexibility index (Phi) is 9.23. The van der Waals surface area contributed by atoms with Crippen LogP contribution in [0.2, 0.25) is 0 Å². The van der Waals surface area contributed by atoms with Gasteiger partial charge >= 0.3 is 0 Å². The zero-order valence-electron chi connectivity index (χ0n) is 21.7. The third-order valence-electron chi connectivity index (χ3n) is 7.42. The van der Waals surface area contributed by atoms with Crippen LogP contribution in [0.15, 0.2) is 66.7 Å². The Morgan fingerprint density at radius 1 is 0.921 bits per heavy atom. The maximum atomic E-state index is 14.3. The second-order valence-corrected chi connectivity index (χ2v) is 10.3. The van der Waals surface area contributed by atoms with Crippen molar-refractivity contribution in [3.63, 3.8) is 0 Å². The Bertz CT molecular complexity index is 1220. The molecule has 0 aliphatic heterocycles. The fourth-order valence-electron chi connectivity index (χ4n) is 5.53. The van der Waals surface area contributed by atoms with Crippen LogP contribution < -0.4 is 10.6 Å². The van der Waals surface area contributed by atoms with Gasteiger partial charge in [-0.05, 0) is 59.7 Å². The molecule has 0 bridgehead atoms. The van der Waals surface area contributed by atoms with Crippen LogP contribution in [-0.4, -0.2) is 29.7 Å². The highest BCUT2D eigenvalue weighted by molar-refractivity contribution is 5.73. The second kappa shape index (κ2) is 12.6. The molecule has 1 saturated carbocycles. The monoisotopic (exact) mass is 524 g/mol. The van der Waals surface area contributed by atoms with Gasteiger partial charge in [-0.1, -0.05) is 61.7 Å². The van der Waals surface area contributed by atoms with Gasteiger partial charge in [0.2, 0.25) is 5.91 Å². The third kappa shape index (κ3) is 7.23. The minimum absolute atomic E-state index is 0.0855. The molecule has 3 N–H and O–H groups in total. The summed E-state index contributed by atoms with van der Waals surface area (Å²) in [7, 11) is 0. The molecule has 4 nitrogen and oxygen atoms in total. The number of hydrogen-bond donors (Lipinski definition) is 3. The molecule has 7 heteroatoms. The average molecular weight is 525 g/mol. The van der Waals surface area contributed by atoms with Gasteiger partial charge in [0.05, 0.1) is 12.1 Å². The first-order valence-electron chi connectivity index (χ1n) is 13.2. The van der Waals surface area contributed by atoms with E-state index >= 15 is 0 Å². The average Bonchev–Trinajstić information content (AvgIpc) is 2.88. The molecule has 0 aromatic heterocycles. The highest BCUT2D eigenvalue weighted by Crippen LogP contribution is 2.38. The maximum Gasteiger partial charge on any atom is 0.217 e. The lowest BCUT2D eigenvalue weighted by Crippen LogP contribution is -2.53. The number of halogens is 3. The molecule has 1 aliphatic rings. The number of hydrogen-bond acceptors (Lipinski definition) is 3. The summed E-state index contributed by atoms with van der Waals surface area (Å²) in [6.45, 7) is 1.53. The van der Waals surface area contributed by atoms with Crippen molar-refractivity contribution in [3.05, 3.63) is 106 Å². The molecule has 0 saturated heterocycles. The predicted molar refractivity (Wildman–Crippen MR) is 142 cm³/mol. The van der Waals surface area contributed by atoms with Crippen LogP contribution in [0.25, 0.3) is 0 Å². The van der Waals surface area contributed by atoms with Crippen LogP contribution in [0.1, 0.15) is 61.3 Å². The summed E-state index contributed by atoms with van der Waals surface area (Å²) in [5.41, 5.74) is 2.70. The van der Waals surface area contributed by atoms with Gasteiger partial charge in [-0.2, -0.15) is 0 Å². The summed E-state index contributed by atoms with van der Waals surface area (Å²) in [6, 6.07) is 17.4. The maximum absolute atomic E-state index is 14.3. The molecule has 0 heterocycles. The lowest BCUT2D eigenvalue weighted by molar-refractivity contribution is -0.120. The number of rotatable bonds is 10. The lowest BCUT2D eigenvalue weighted by atomic mass is 9.76. The van der Waals surface area contributed by atoms with Crippen molar-refractivity contribution >= 4 is 5.91 Å². The standard InChI is InChI=1S/C31H35F3N2O2/c1-21(37)36-29(18-23-16-26(32)19-27(33)17-23)30(38)20-35-31(12-5-2-6-13-31)25-10-7-8-22(15-25)14-24-9-3-4-11-28(24)34/h3-4,7-11,15-17,19,29-30,35,38H,2,5-6,12-14,18,20H2,1H3,(H,36,37). The predicted octanol–water partition coefficient (Wildman–Crippen LogP) is 5.55. The van der Waals surface area contributed by atoms with E-state index in [0.717, 1.165) is 49.3 Å². The van der Waals surface area contributed by atoms with Crippen molar-refractivity contribution in [2.24, 2.45) is 0 Å². The van der Waals surface area contributed by atoms with Gasteiger partial charge in [-0.15, -0.1) is 0 Å². The highest BCUT2D eigenvalue weighted by atomic mass is 19.1. The van der Waals surface area contributed by atoms with Crippen LogP contribution in [0.3, 0.4) is 0 Å². The number of carbonyl (C=O) groups is 1. The minimum atomic E-state index is -0.995. The van der Waals surface area contributed by atoms with Gasteiger partial charge in [0.15, 0.2) is 0 Å². The van der Waals surface area contributed by atoms with E-state index in [4.69, 9.17) is 0 Å². The molecule has 2 unspecified atom stereocenters. The smallest absolute Gasteiger partial charge is 0.217 e. The van der Waals surface area contributed by atoms with Gasteiger partial charge in [-0.3, -0.25) is 4.79 Å². The SMILES string of the molecule is CC(=O)NC(Cc1cc(F)cc(F)c1)C(O)CNC1(c2cccc(Cc3ccccc3F)c2)CCCCC1. The second-order valence-electron chi connectivity index (χ2n) is 10.3. The van der Waals surface area contributed by atoms with Crippen LogP contribution in [0, 0.1) is 17.5 Å². The van der Waals surface area contributed by atoms with Crippen molar-refractivity contribution in [2.75, 3.05) is 6.54 Å². The van der Waals surface area contributed by atoms with Crippen molar-refractivity contribution in [3.8, 4) is 0 Å². The van der Waals surface area contributed by atoms with Crippen LogP contribution in [0.5, 0.6) is 0 Å². The summed E-state index contributed by atoms with van der Waals surface area (Å²) in [5.74, 6) is -1.97. The molecule has 3 aromatic rings. The third-order valence-corrected chi connectivity index (χ3v) is 7.42. The number of benzene rings is 3. The summed E-state index contributed by atoms with van der Waals surface area (Å²) in [4.78, 5) is 11.9. The van der Waals surface area contributed by atoms with Crippen LogP contribution in [-0.2, 0) is 23.2 Å². The molecule has 1 amide bonds. The van der Waals surface area contributed by atoms with Crippen molar-refractivity contribution in [2.45, 2.75) is 69.6 Å². The molecular weight excluding hydrogens is 489 g/mol. The zero-order valence-corrected chi connectivity index (χ0v) is 21.7. The van der Waals surface area contributed by atoms with E-state index in [-0.39, 0.29) is 30.2 Å². The summed E-state index contributed by atoms with van der Waals surface area (Å²) in [5, 5.41) is 17.5. The number of aliphatic hydroxyl groups is 1. The first kappa shape index (κ1) is 27.9.